The van der Waals surface area contributed by atoms with E-state index >= 15 is 0 Å². The first-order valence-electron chi connectivity index (χ1n) is 6.83. The summed E-state index contributed by atoms with van der Waals surface area (Å²) in [7, 11) is 0. The van der Waals surface area contributed by atoms with Crippen molar-refractivity contribution in [3.8, 4) is 0 Å². The molecular formula is C16H12Cl2N2O4. The van der Waals surface area contributed by atoms with E-state index in [2.05, 4.69) is 5.32 Å². The Hall–Kier alpha value is -2.44. The maximum absolute atomic E-state index is 12.0. The highest BCUT2D eigenvalue weighted by molar-refractivity contribution is 6.32. The van der Waals surface area contributed by atoms with E-state index in [9.17, 15) is 19.7 Å². The minimum absolute atomic E-state index is 0.0353. The molecule has 0 saturated carbocycles. The van der Waals surface area contributed by atoms with Crippen LogP contribution in [0.3, 0.4) is 0 Å². The quantitative estimate of drug-likeness (QED) is 0.479. The van der Waals surface area contributed by atoms with Crippen LogP contribution < -0.4 is 5.32 Å². The molecule has 2 aromatic carbocycles. The molecule has 0 fully saturated rings. The summed E-state index contributed by atoms with van der Waals surface area (Å²) in [6, 6.07) is 9.50. The predicted octanol–water partition coefficient (Wildman–Crippen LogP) is 3.69. The lowest BCUT2D eigenvalue weighted by molar-refractivity contribution is -0.511. The fourth-order valence-electron chi connectivity index (χ4n) is 2.07. The number of nitrogens with zero attached hydrogens (tertiary/aromatic N) is 1. The summed E-state index contributed by atoms with van der Waals surface area (Å²) in [5.74, 6) is -0.276. The SMILES string of the molecule is O=CC(c1ccc(NC(=O)Cc2ccc(Cl)cc2)cc1Cl)[N+](=O)[O-]. The predicted molar refractivity (Wildman–Crippen MR) is 91.0 cm³/mol. The number of anilines is 1. The lowest BCUT2D eigenvalue weighted by Gasteiger charge is -2.09. The molecule has 0 bridgehead atoms. The highest BCUT2D eigenvalue weighted by atomic mass is 35.5. The number of carbonyl (C=O) groups excluding carboxylic acids is 2. The molecule has 124 valence electrons. The summed E-state index contributed by atoms with van der Waals surface area (Å²) in [6.45, 7) is 0. The number of nitrogens with one attached hydrogen (secondary N) is 1. The Bertz CT molecular complexity index is 778. The van der Waals surface area contributed by atoms with Crippen LogP contribution in [-0.4, -0.2) is 17.1 Å². The lowest BCUT2D eigenvalue weighted by atomic mass is 10.1. The van der Waals surface area contributed by atoms with E-state index in [1.165, 1.54) is 18.2 Å². The smallest absolute Gasteiger partial charge is 0.293 e. The van der Waals surface area contributed by atoms with Crippen molar-refractivity contribution in [2.45, 2.75) is 12.5 Å². The van der Waals surface area contributed by atoms with E-state index in [1.807, 2.05) is 0 Å². The number of carbonyl (C=O) groups is 2. The molecule has 0 spiro atoms. The van der Waals surface area contributed by atoms with E-state index < -0.39 is 11.0 Å². The van der Waals surface area contributed by atoms with Crippen molar-refractivity contribution in [3.63, 3.8) is 0 Å². The van der Waals surface area contributed by atoms with Crippen molar-refractivity contribution in [3.05, 3.63) is 73.8 Å². The van der Waals surface area contributed by atoms with Crippen LogP contribution in [0, 0.1) is 10.1 Å². The van der Waals surface area contributed by atoms with Crippen LogP contribution in [0.5, 0.6) is 0 Å². The third-order valence-corrected chi connectivity index (χ3v) is 3.82. The van der Waals surface area contributed by atoms with Crippen LogP contribution in [-0.2, 0) is 16.0 Å². The summed E-state index contributed by atoms with van der Waals surface area (Å²) in [5.41, 5.74) is 1.25. The zero-order chi connectivity index (χ0) is 17.7. The van der Waals surface area contributed by atoms with Gasteiger partial charge in [0.25, 0.3) is 6.04 Å². The first kappa shape index (κ1) is 17.9. The van der Waals surface area contributed by atoms with Crippen LogP contribution in [0.4, 0.5) is 5.69 Å². The average Bonchev–Trinajstić information content (AvgIpc) is 2.52. The zero-order valence-corrected chi connectivity index (χ0v) is 13.8. The normalized spacial score (nSPS) is 11.6. The topological polar surface area (TPSA) is 89.3 Å². The zero-order valence-electron chi connectivity index (χ0n) is 12.2. The fourth-order valence-corrected chi connectivity index (χ4v) is 2.49. The molecule has 0 heterocycles. The number of rotatable bonds is 6. The van der Waals surface area contributed by atoms with Gasteiger partial charge in [-0.15, -0.1) is 0 Å². The summed E-state index contributed by atoms with van der Waals surface area (Å²) < 4.78 is 0. The van der Waals surface area contributed by atoms with Gasteiger partial charge in [-0.3, -0.25) is 19.7 Å². The van der Waals surface area contributed by atoms with Crippen molar-refractivity contribution >= 4 is 41.1 Å². The Kier molecular flexibility index (Phi) is 5.89. The van der Waals surface area contributed by atoms with Gasteiger partial charge in [-0.2, -0.15) is 0 Å². The van der Waals surface area contributed by atoms with Gasteiger partial charge < -0.3 is 5.32 Å². The van der Waals surface area contributed by atoms with E-state index in [0.717, 1.165) is 5.56 Å². The molecule has 0 aliphatic rings. The molecule has 0 aliphatic carbocycles. The van der Waals surface area contributed by atoms with Gasteiger partial charge in [0, 0.05) is 15.6 Å². The first-order valence-corrected chi connectivity index (χ1v) is 7.59. The molecule has 0 aromatic heterocycles. The van der Waals surface area contributed by atoms with Crippen LogP contribution in [0.2, 0.25) is 10.0 Å². The summed E-state index contributed by atoms with van der Waals surface area (Å²) in [6.07, 6.45) is 0.350. The van der Waals surface area contributed by atoms with Gasteiger partial charge in [-0.05, 0) is 35.9 Å². The number of halogens is 2. The van der Waals surface area contributed by atoms with Crippen molar-refractivity contribution in [1.82, 2.24) is 0 Å². The minimum atomic E-state index is -1.53. The molecule has 0 aliphatic heterocycles. The number of benzene rings is 2. The Labute approximate surface area is 147 Å². The molecule has 1 N–H and O–H groups in total. The van der Waals surface area contributed by atoms with Crippen LogP contribution >= 0.6 is 23.2 Å². The van der Waals surface area contributed by atoms with Gasteiger partial charge in [0.05, 0.1) is 17.0 Å². The maximum atomic E-state index is 12.0. The largest absolute Gasteiger partial charge is 0.326 e. The molecule has 2 aromatic rings. The lowest BCUT2D eigenvalue weighted by Crippen LogP contribution is -2.15. The summed E-state index contributed by atoms with van der Waals surface area (Å²) in [4.78, 5) is 32.9. The van der Waals surface area contributed by atoms with Gasteiger partial charge >= 0.3 is 0 Å². The van der Waals surface area contributed by atoms with Gasteiger partial charge in [0.2, 0.25) is 5.91 Å². The molecule has 0 saturated heterocycles. The van der Waals surface area contributed by atoms with Gasteiger partial charge in [-0.1, -0.05) is 35.3 Å². The second-order valence-corrected chi connectivity index (χ2v) is 5.80. The molecule has 1 unspecified atom stereocenters. The van der Waals surface area contributed by atoms with Crippen LogP contribution in [0.1, 0.15) is 17.2 Å². The third kappa shape index (κ3) is 4.53. The standard InChI is InChI=1S/C16H12Cl2N2O4/c17-11-3-1-10(2-4-11)7-16(22)19-12-5-6-13(14(18)8-12)15(9-21)20(23)24/h1-6,8-9,15H,7H2,(H,19,22). The Balaban J connectivity index is 2.08. The molecule has 1 amide bonds. The Morgan fingerprint density at radius 2 is 1.88 bits per heavy atom. The molecule has 0 radical (unpaired) electrons. The Morgan fingerprint density at radius 1 is 1.21 bits per heavy atom. The number of aldehydes is 1. The number of hydrogen-bond donors (Lipinski definition) is 1. The molecule has 2 rings (SSSR count). The molecule has 8 heteroatoms. The summed E-state index contributed by atoms with van der Waals surface area (Å²) in [5, 5.41) is 14.1. The second kappa shape index (κ2) is 7.90. The molecule has 1 atom stereocenters. The van der Waals surface area contributed by atoms with Crippen molar-refractivity contribution in [2.24, 2.45) is 0 Å². The highest BCUT2D eigenvalue weighted by Crippen LogP contribution is 2.27. The van der Waals surface area contributed by atoms with Crippen molar-refractivity contribution in [2.75, 3.05) is 5.32 Å². The molecule has 6 nitrogen and oxygen atoms in total. The first-order chi connectivity index (χ1) is 11.4. The number of amides is 1. The third-order valence-electron chi connectivity index (χ3n) is 3.24. The van der Waals surface area contributed by atoms with E-state index in [1.54, 1.807) is 24.3 Å². The average molecular weight is 367 g/mol. The Morgan fingerprint density at radius 3 is 2.42 bits per heavy atom. The monoisotopic (exact) mass is 366 g/mol. The number of hydrogen-bond acceptors (Lipinski definition) is 4. The minimum Gasteiger partial charge on any atom is -0.326 e. The van der Waals surface area contributed by atoms with Crippen LogP contribution in [0.25, 0.3) is 0 Å². The molecular weight excluding hydrogens is 355 g/mol. The highest BCUT2D eigenvalue weighted by Gasteiger charge is 2.24. The van der Waals surface area contributed by atoms with E-state index in [4.69, 9.17) is 23.2 Å². The van der Waals surface area contributed by atoms with Crippen molar-refractivity contribution < 1.29 is 14.5 Å². The van der Waals surface area contributed by atoms with Crippen molar-refractivity contribution in [1.29, 1.82) is 0 Å². The van der Waals surface area contributed by atoms with Gasteiger partial charge in [-0.25, -0.2) is 0 Å². The van der Waals surface area contributed by atoms with Crippen LogP contribution in [0.15, 0.2) is 42.5 Å². The maximum Gasteiger partial charge on any atom is 0.293 e. The van der Waals surface area contributed by atoms with Gasteiger partial charge in [0.15, 0.2) is 6.29 Å². The fraction of sp³-hybridized carbons (Fsp3) is 0.125. The number of nitro groups is 1. The van der Waals surface area contributed by atoms with E-state index in [-0.39, 0.29) is 29.2 Å². The van der Waals surface area contributed by atoms with E-state index in [0.29, 0.717) is 10.7 Å². The summed E-state index contributed by atoms with van der Waals surface area (Å²) >= 11 is 11.8. The van der Waals surface area contributed by atoms with Gasteiger partial charge in [0.1, 0.15) is 0 Å². The second-order valence-electron chi connectivity index (χ2n) is 4.95. The molecule has 24 heavy (non-hydrogen) atoms.